The van der Waals surface area contributed by atoms with E-state index in [1.54, 1.807) is 11.9 Å². The molecule has 1 rings (SSSR count). The Morgan fingerprint density at radius 2 is 2.26 bits per heavy atom. The van der Waals surface area contributed by atoms with Crippen molar-refractivity contribution in [3.63, 3.8) is 0 Å². The van der Waals surface area contributed by atoms with Crippen LogP contribution in [-0.4, -0.2) is 31.0 Å². The van der Waals surface area contributed by atoms with Crippen LogP contribution >= 0.6 is 0 Å². The van der Waals surface area contributed by atoms with Gasteiger partial charge in [-0.15, -0.1) is 0 Å². The number of carbonyl (C=O) groups excluding carboxylic acids is 1. The summed E-state index contributed by atoms with van der Waals surface area (Å²) < 4.78 is 5.56. The molecule has 1 amide bonds. The number of rotatable bonds is 7. The predicted octanol–water partition coefficient (Wildman–Crippen LogP) is 2.39. The summed E-state index contributed by atoms with van der Waals surface area (Å²) in [6, 6.07) is 9.91. The van der Waals surface area contributed by atoms with E-state index in [0.29, 0.717) is 26.0 Å². The highest BCUT2D eigenvalue weighted by atomic mass is 16.5. The number of ether oxygens (including phenoxy) is 1. The van der Waals surface area contributed by atoms with Crippen LogP contribution in [0.2, 0.25) is 0 Å². The molecule has 0 aliphatic rings. The van der Waals surface area contributed by atoms with Crippen LogP contribution in [0.1, 0.15) is 25.3 Å². The molecule has 0 unspecified atom stereocenters. The minimum Gasteiger partial charge on any atom is -0.493 e. The molecule has 1 aromatic carbocycles. The number of carbonyl (C=O) groups is 1. The standard InChI is InChI=1S/C15H20N2O2/c1-3-13-6-4-7-14(12-13)19-11-8-15(18)17(2)10-5-9-16/h4,6-7,12H,3,5,8,10-11H2,1-2H3. The van der Waals surface area contributed by atoms with Crippen LogP contribution in [0.3, 0.4) is 0 Å². The number of nitrogens with zero attached hydrogens (tertiary/aromatic N) is 2. The number of amides is 1. The van der Waals surface area contributed by atoms with Gasteiger partial charge in [-0.05, 0) is 24.1 Å². The van der Waals surface area contributed by atoms with E-state index in [0.717, 1.165) is 12.2 Å². The Bertz CT molecular complexity index is 452. The Hall–Kier alpha value is -2.02. The van der Waals surface area contributed by atoms with Crippen molar-refractivity contribution >= 4 is 5.91 Å². The maximum Gasteiger partial charge on any atom is 0.225 e. The molecule has 0 bridgehead atoms. The van der Waals surface area contributed by atoms with Gasteiger partial charge in [0.2, 0.25) is 5.91 Å². The summed E-state index contributed by atoms with van der Waals surface area (Å²) in [7, 11) is 1.71. The quantitative estimate of drug-likeness (QED) is 0.756. The minimum absolute atomic E-state index is 0.00176. The van der Waals surface area contributed by atoms with Crippen LogP contribution in [0.15, 0.2) is 24.3 Å². The van der Waals surface area contributed by atoms with E-state index in [-0.39, 0.29) is 5.91 Å². The molecule has 0 aliphatic heterocycles. The van der Waals surface area contributed by atoms with E-state index < -0.39 is 0 Å². The van der Waals surface area contributed by atoms with Gasteiger partial charge in [0.1, 0.15) is 5.75 Å². The summed E-state index contributed by atoms with van der Waals surface area (Å²) in [5.74, 6) is 0.800. The zero-order valence-corrected chi connectivity index (χ0v) is 11.6. The van der Waals surface area contributed by atoms with Crippen molar-refractivity contribution in [2.24, 2.45) is 0 Å². The molecule has 0 fully saturated rings. The third-order valence-corrected chi connectivity index (χ3v) is 2.88. The third kappa shape index (κ3) is 5.43. The van der Waals surface area contributed by atoms with Crippen LogP contribution < -0.4 is 4.74 Å². The van der Waals surface area contributed by atoms with Gasteiger partial charge in [-0.2, -0.15) is 5.26 Å². The maximum absolute atomic E-state index is 11.7. The molecule has 19 heavy (non-hydrogen) atoms. The van der Waals surface area contributed by atoms with Crippen molar-refractivity contribution in [2.45, 2.75) is 26.2 Å². The second-order valence-corrected chi connectivity index (χ2v) is 4.32. The summed E-state index contributed by atoms with van der Waals surface area (Å²) in [6.45, 7) is 2.93. The molecule has 0 N–H and O–H groups in total. The zero-order valence-electron chi connectivity index (χ0n) is 11.6. The molecule has 0 aromatic heterocycles. The summed E-state index contributed by atoms with van der Waals surface area (Å²) in [5.41, 5.74) is 1.22. The molecular weight excluding hydrogens is 240 g/mol. The first kappa shape index (κ1) is 15.0. The SMILES string of the molecule is CCc1cccc(OCCC(=O)N(C)CCC#N)c1. The number of benzene rings is 1. The van der Waals surface area contributed by atoms with Crippen LogP contribution in [0.5, 0.6) is 5.75 Å². The van der Waals surface area contributed by atoms with E-state index in [2.05, 4.69) is 6.92 Å². The van der Waals surface area contributed by atoms with Gasteiger partial charge in [0.15, 0.2) is 0 Å². The van der Waals surface area contributed by atoms with Crippen LogP contribution in [0.4, 0.5) is 0 Å². The van der Waals surface area contributed by atoms with Crippen molar-refractivity contribution in [3.05, 3.63) is 29.8 Å². The Morgan fingerprint density at radius 1 is 1.47 bits per heavy atom. The molecule has 4 heteroatoms. The predicted molar refractivity (Wildman–Crippen MR) is 73.8 cm³/mol. The summed E-state index contributed by atoms with van der Waals surface area (Å²) in [4.78, 5) is 13.3. The van der Waals surface area contributed by atoms with Crippen molar-refractivity contribution < 1.29 is 9.53 Å². The van der Waals surface area contributed by atoms with Crippen LogP contribution in [0, 0.1) is 11.3 Å². The highest BCUT2D eigenvalue weighted by Gasteiger charge is 2.08. The molecule has 1 aromatic rings. The number of aryl methyl sites for hydroxylation is 1. The van der Waals surface area contributed by atoms with Crippen LogP contribution in [-0.2, 0) is 11.2 Å². The van der Waals surface area contributed by atoms with Gasteiger partial charge in [0, 0.05) is 13.6 Å². The molecule has 0 saturated carbocycles. The van der Waals surface area contributed by atoms with Crippen molar-refractivity contribution in [2.75, 3.05) is 20.2 Å². The topological polar surface area (TPSA) is 53.3 Å². The highest BCUT2D eigenvalue weighted by Crippen LogP contribution is 2.13. The number of hydrogen-bond donors (Lipinski definition) is 0. The normalized spacial score (nSPS) is 9.74. The smallest absolute Gasteiger partial charge is 0.225 e. The van der Waals surface area contributed by atoms with Crippen molar-refractivity contribution in [1.82, 2.24) is 4.90 Å². The molecule has 0 spiro atoms. The van der Waals surface area contributed by atoms with Crippen molar-refractivity contribution in [1.29, 1.82) is 5.26 Å². The van der Waals surface area contributed by atoms with Crippen LogP contribution in [0.25, 0.3) is 0 Å². The fraction of sp³-hybridized carbons (Fsp3) is 0.467. The van der Waals surface area contributed by atoms with Gasteiger partial charge in [0.25, 0.3) is 0 Å². The Labute approximate surface area is 114 Å². The largest absolute Gasteiger partial charge is 0.493 e. The molecule has 0 heterocycles. The lowest BCUT2D eigenvalue weighted by Crippen LogP contribution is -2.28. The van der Waals surface area contributed by atoms with Gasteiger partial charge in [-0.1, -0.05) is 19.1 Å². The Balaban J connectivity index is 2.33. The fourth-order valence-electron chi connectivity index (χ4n) is 1.64. The number of nitriles is 1. The summed E-state index contributed by atoms with van der Waals surface area (Å²) >= 11 is 0. The molecule has 0 aliphatic carbocycles. The highest BCUT2D eigenvalue weighted by molar-refractivity contribution is 5.75. The van der Waals surface area contributed by atoms with Crippen molar-refractivity contribution in [3.8, 4) is 11.8 Å². The van der Waals surface area contributed by atoms with E-state index in [1.807, 2.05) is 30.3 Å². The monoisotopic (exact) mass is 260 g/mol. The summed E-state index contributed by atoms with van der Waals surface area (Å²) in [6.07, 6.45) is 1.66. The van der Waals surface area contributed by atoms with Gasteiger partial charge >= 0.3 is 0 Å². The second kappa shape index (κ2) is 8.15. The van der Waals surface area contributed by atoms with E-state index in [9.17, 15) is 4.79 Å². The molecule has 102 valence electrons. The first-order chi connectivity index (χ1) is 9.17. The third-order valence-electron chi connectivity index (χ3n) is 2.88. The average molecular weight is 260 g/mol. The second-order valence-electron chi connectivity index (χ2n) is 4.32. The first-order valence-corrected chi connectivity index (χ1v) is 6.50. The Morgan fingerprint density at radius 3 is 2.95 bits per heavy atom. The minimum atomic E-state index is 0.00176. The Kier molecular flexibility index (Phi) is 6.45. The van der Waals surface area contributed by atoms with E-state index in [1.165, 1.54) is 5.56 Å². The summed E-state index contributed by atoms with van der Waals surface area (Å²) in [5, 5.41) is 8.46. The van der Waals surface area contributed by atoms with Gasteiger partial charge in [-0.25, -0.2) is 0 Å². The van der Waals surface area contributed by atoms with Gasteiger partial charge in [-0.3, -0.25) is 4.79 Å². The van der Waals surface area contributed by atoms with Gasteiger partial charge < -0.3 is 9.64 Å². The van der Waals surface area contributed by atoms with E-state index >= 15 is 0 Å². The van der Waals surface area contributed by atoms with E-state index in [4.69, 9.17) is 10.00 Å². The maximum atomic E-state index is 11.7. The lowest BCUT2D eigenvalue weighted by Gasteiger charge is -2.15. The lowest BCUT2D eigenvalue weighted by atomic mass is 10.2. The van der Waals surface area contributed by atoms with Gasteiger partial charge in [0.05, 0.1) is 25.5 Å². The average Bonchev–Trinajstić information content (AvgIpc) is 2.44. The molecule has 0 atom stereocenters. The molecular formula is C15H20N2O2. The molecule has 4 nitrogen and oxygen atoms in total. The fourth-order valence-corrected chi connectivity index (χ4v) is 1.64. The lowest BCUT2D eigenvalue weighted by molar-refractivity contribution is -0.130. The molecule has 0 radical (unpaired) electrons. The number of hydrogen-bond acceptors (Lipinski definition) is 3. The first-order valence-electron chi connectivity index (χ1n) is 6.50. The molecule has 0 saturated heterocycles. The zero-order chi connectivity index (χ0) is 14.1.